The summed E-state index contributed by atoms with van der Waals surface area (Å²) in [6, 6.07) is 2.87. The number of aliphatic carboxylic acids is 1. The SMILES string of the molecule is C[C@H](C#N)C[C@H](NC(=O)c1ccc(F)cc1F)C(=O)O. The number of amides is 1. The number of carbonyl (C=O) groups excluding carboxylic acids is 1. The lowest BCUT2D eigenvalue weighted by Crippen LogP contribution is -2.42. The van der Waals surface area contributed by atoms with Gasteiger partial charge in [-0.3, -0.25) is 4.79 Å². The van der Waals surface area contributed by atoms with E-state index in [1.165, 1.54) is 6.92 Å². The van der Waals surface area contributed by atoms with Crippen molar-refractivity contribution >= 4 is 11.9 Å². The number of hydrogen-bond donors (Lipinski definition) is 2. The van der Waals surface area contributed by atoms with Crippen molar-refractivity contribution in [3.63, 3.8) is 0 Å². The fraction of sp³-hybridized carbons (Fsp3) is 0.308. The van der Waals surface area contributed by atoms with Gasteiger partial charge < -0.3 is 10.4 Å². The Morgan fingerprint density at radius 2 is 2.10 bits per heavy atom. The largest absolute Gasteiger partial charge is 0.480 e. The molecule has 0 bridgehead atoms. The smallest absolute Gasteiger partial charge is 0.326 e. The van der Waals surface area contributed by atoms with Crippen LogP contribution in [0.3, 0.4) is 0 Å². The molecule has 0 aromatic heterocycles. The molecule has 0 heterocycles. The van der Waals surface area contributed by atoms with Gasteiger partial charge in [-0.25, -0.2) is 13.6 Å². The highest BCUT2D eigenvalue weighted by atomic mass is 19.1. The van der Waals surface area contributed by atoms with Crippen LogP contribution in [0.1, 0.15) is 23.7 Å². The van der Waals surface area contributed by atoms with E-state index < -0.39 is 41.0 Å². The van der Waals surface area contributed by atoms with Gasteiger partial charge in [0.1, 0.15) is 17.7 Å². The molecule has 0 radical (unpaired) electrons. The zero-order valence-corrected chi connectivity index (χ0v) is 10.6. The first kappa shape index (κ1) is 15.6. The van der Waals surface area contributed by atoms with Crippen LogP contribution in [0, 0.1) is 28.9 Å². The Morgan fingerprint density at radius 3 is 2.60 bits per heavy atom. The van der Waals surface area contributed by atoms with E-state index in [1.54, 1.807) is 0 Å². The van der Waals surface area contributed by atoms with Crippen LogP contribution in [-0.4, -0.2) is 23.0 Å². The lowest BCUT2D eigenvalue weighted by Gasteiger charge is -2.15. The Kier molecular flexibility index (Phi) is 5.15. The van der Waals surface area contributed by atoms with E-state index in [0.717, 1.165) is 12.1 Å². The van der Waals surface area contributed by atoms with Gasteiger partial charge in [0.25, 0.3) is 5.91 Å². The molecule has 2 N–H and O–H groups in total. The molecule has 1 rings (SSSR count). The molecule has 0 fully saturated rings. The quantitative estimate of drug-likeness (QED) is 0.860. The zero-order chi connectivity index (χ0) is 15.3. The van der Waals surface area contributed by atoms with Crippen LogP contribution >= 0.6 is 0 Å². The summed E-state index contributed by atoms with van der Waals surface area (Å²) >= 11 is 0. The van der Waals surface area contributed by atoms with Crippen molar-refractivity contribution < 1.29 is 23.5 Å². The average molecular weight is 282 g/mol. The molecule has 20 heavy (non-hydrogen) atoms. The number of hydrogen-bond acceptors (Lipinski definition) is 3. The summed E-state index contributed by atoms with van der Waals surface area (Å²) in [5.74, 6) is -4.82. The molecule has 1 aromatic carbocycles. The number of carboxylic acids is 1. The van der Waals surface area contributed by atoms with Crippen LogP contribution in [0.25, 0.3) is 0 Å². The van der Waals surface area contributed by atoms with Gasteiger partial charge in [0.15, 0.2) is 0 Å². The van der Waals surface area contributed by atoms with E-state index in [-0.39, 0.29) is 6.42 Å². The maximum absolute atomic E-state index is 13.4. The molecule has 0 saturated heterocycles. The monoisotopic (exact) mass is 282 g/mol. The zero-order valence-electron chi connectivity index (χ0n) is 10.6. The summed E-state index contributed by atoms with van der Waals surface area (Å²) in [7, 11) is 0. The second-order valence-electron chi connectivity index (χ2n) is 4.25. The van der Waals surface area contributed by atoms with E-state index in [4.69, 9.17) is 10.4 Å². The number of carbonyl (C=O) groups is 2. The van der Waals surface area contributed by atoms with Crippen LogP contribution in [0.2, 0.25) is 0 Å². The van der Waals surface area contributed by atoms with Gasteiger partial charge in [0.05, 0.1) is 11.6 Å². The predicted molar refractivity (Wildman–Crippen MR) is 64.6 cm³/mol. The molecular formula is C13H12F2N2O3. The lowest BCUT2D eigenvalue weighted by molar-refractivity contribution is -0.139. The van der Waals surface area contributed by atoms with Gasteiger partial charge >= 0.3 is 5.97 Å². The Labute approximate surface area is 113 Å². The topological polar surface area (TPSA) is 90.2 Å². The van der Waals surface area contributed by atoms with Crippen molar-refractivity contribution in [2.75, 3.05) is 0 Å². The van der Waals surface area contributed by atoms with E-state index in [0.29, 0.717) is 6.07 Å². The maximum atomic E-state index is 13.4. The summed E-state index contributed by atoms with van der Waals surface area (Å²) in [5.41, 5.74) is -0.456. The molecule has 2 atom stereocenters. The summed E-state index contributed by atoms with van der Waals surface area (Å²) in [4.78, 5) is 22.7. The molecule has 106 valence electrons. The van der Waals surface area contributed by atoms with E-state index in [2.05, 4.69) is 5.32 Å². The van der Waals surface area contributed by atoms with Gasteiger partial charge in [0.2, 0.25) is 0 Å². The number of carboxylic acid groups (broad SMARTS) is 1. The minimum Gasteiger partial charge on any atom is -0.480 e. The van der Waals surface area contributed by atoms with Crippen LogP contribution in [0.5, 0.6) is 0 Å². The molecule has 5 nitrogen and oxygen atoms in total. The van der Waals surface area contributed by atoms with Crippen molar-refractivity contribution in [3.8, 4) is 6.07 Å². The molecule has 0 aliphatic carbocycles. The van der Waals surface area contributed by atoms with E-state index in [9.17, 15) is 18.4 Å². The molecule has 1 amide bonds. The second-order valence-corrected chi connectivity index (χ2v) is 4.25. The standard InChI is InChI=1S/C13H12F2N2O3/c1-7(6-16)4-11(13(19)20)17-12(18)9-3-2-8(14)5-10(9)15/h2-3,5,7,11H,4H2,1H3,(H,17,18)(H,19,20)/t7-,11-/m0/s1. The molecule has 0 unspecified atom stereocenters. The molecule has 0 aliphatic heterocycles. The van der Waals surface area contributed by atoms with E-state index in [1.807, 2.05) is 6.07 Å². The highest BCUT2D eigenvalue weighted by Gasteiger charge is 2.24. The summed E-state index contributed by atoms with van der Waals surface area (Å²) < 4.78 is 26.1. The molecular weight excluding hydrogens is 270 g/mol. The number of nitrogens with one attached hydrogen (secondary N) is 1. The Bertz CT molecular complexity index is 569. The Hall–Kier alpha value is -2.49. The van der Waals surface area contributed by atoms with Crippen LogP contribution < -0.4 is 5.32 Å². The predicted octanol–water partition coefficient (Wildman–Crippen LogP) is 1.70. The number of nitriles is 1. The number of nitrogens with zero attached hydrogens (tertiary/aromatic N) is 1. The Morgan fingerprint density at radius 1 is 1.45 bits per heavy atom. The third-order valence-corrected chi connectivity index (χ3v) is 2.59. The molecule has 0 aliphatic rings. The number of rotatable bonds is 5. The highest BCUT2D eigenvalue weighted by molar-refractivity contribution is 5.96. The first-order valence-electron chi connectivity index (χ1n) is 5.73. The second kappa shape index (κ2) is 6.61. The molecule has 1 aromatic rings. The third-order valence-electron chi connectivity index (χ3n) is 2.59. The van der Waals surface area contributed by atoms with Crippen LogP contribution in [0.4, 0.5) is 8.78 Å². The average Bonchev–Trinajstić information content (AvgIpc) is 2.37. The third kappa shape index (κ3) is 4.02. The first-order chi connectivity index (χ1) is 9.35. The van der Waals surface area contributed by atoms with Gasteiger partial charge in [-0.1, -0.05) is 0 Å². The van der Waals surface area contributed by atoms with Gasteiger partial charge in [-0.15, -0.1) is 0 Å². The Balaban J connectivity index is 2.86. The van der Waals surface area contributed by atoms with Crippen molar-refractivity contribution in [3.05, 3.63) is 35.4 Å². The van der Waals surface area contributed by atoms with Crippen LogP contribution in [-0.2, 0) is 4.79 Å². The normalized spacial score (nSPS) is 13.1. The fourth-order valence-corrected chi connectivity index (χ4v) is 1.54. The van der Waals surface area contributed by atoms with Crippen LogP contribution in [0.15, 0.2) is 18.2 Å². The fourth-order valence-electron chi connectivity index (χ4n) is 1.54. The summed E-state index contributed by atoms with van der Waals surface area (Å²) in [5, 5.41) is 19.7. The molecule has 0 spiro atoms. The minimum absolute atomic E-state index is 0.111. The maximum Gasteiger partial charge on any atom is 0.326 e. The van der Waals surface area contributed by atoms with Crippen molar-refractivity contribution in [1.82, 2.24) is 5.32 Å². The first-order valence-corrected chi connectivity index (χ1v) is 5.73. The summed E-state index contributed by atoms with van der Waals surface area (Å²) in [6.07, 6.45) is -0.111. The minimum atomic E-state index is -1.33. The van der Waals surface area contributed by atoms with Crippen molar-refractivity contribution in [1.29, 1.82) is 5.26 Å². The lowest BCUT2D eigenvalue weighted by atomic mass is 10.0. The number of halogens is 2. The molecule has 0 saturated carbocycles. The van der Waals surface area contributed by atoms with Gasteiger partial charge in [0, 0.05) is 12.0 Å². The summed E-state index contributed by atoms with van der Waals surface area (Å²) in [6.45, 7) is 1.50. The molecule has 7 heteroatoms. The van der Waals surface area contributed by atoms with Crippen molar-refractivity contribution in [2.45, 2.75) is 19.4 Å². The van der Waals surface area contributed by atoms with E-state index >= 15 is 0 Å². The van der Waals surface area contributed by atoms with Gasteiger partial charge in [-0.2, -0.15) is 5.26 Å². The highest BCUT2D eigenvalue weighted by Crippen LogP contribution is 2.11. The van der Waals surface area contributed by atoms with Crippen molar-refractivity contribution in [2.24, 2.45) is 5.92 Å². The van der Waals surface area contributed by atoms with Gasteiger partial charge in [-0.05, 0) is 25.5 Å². The number of benzene rings is 1.